The van der Waals surface area contributed by atoms with Gasteiger partial charge in [0.05, 0.1) is 18.8 Å². The molecule has 0 unspecified atom stereocenters. The lowest BCUT2D eigenvalue weighted by molar-refractivity contribution is 0.280. The highest BCUT2D eigenvalue weighted by atomic mass is 16.3. The van der Waals surface area contributed by atoms with Crippen molar-refractivity contribution in [1.29, 1.82) is 0 Å². The van der Waals surface area contributed by atoms with Gasteiger partial charge in [0, 0.05) is 24.3 Å². The van der Waals surface area contributed by atoms with E-state index in [1.807, 2.05) is 24.3 Å². The molecular weight excluding hydrogens is 310 g/mol. The second-order valence-electron chi connectivity index (χ2n) is 6.32. The molecule has 4 heteroatoms. The lowest BCUT2D eigenvalue weighted by atomic mass is 10.1. The molecule has 0 aliphatic rings. The van der Waals surface area contributed by atoms with E-state index in [4.69, 9.17) is 5.10 Å². The van der Waals surface area contributed by atoms with Gasteiger partial charge in [-0.05, 0) is 30.5 Å². The van der Waals surface area contributed by atoms with Crippen LogP contribution in [0.25, 0.3) is 0 Å². The van der Waals surface area contributed by atoms with Crippen molar-refractivity contribution in [3.05, 3.63) is 88.2 Å². The molecule has 0 saturated carbocycles. The number of aliphatic hydroxyl groups excluding tert-OH is 1. The molecular formula is C21H25N3O. The summed E-state index contributed by atoms with van der Waals surface area (Å²) in [4.78, 5) is 0. The second kappa shape index (κ2) is 8.10. The molecule has 1 heterocycles. The Morgan fingerprint density at radius 1 is 0.920 bits per heavy atom. The predicted molar refractivity (Wildman–Crippen MR) is 100 cm³/mol. The predicted octanol–water partition coefficient (Wildman–Crippen LogP) is 3.33. The van der Waals surface area contributed by atoms with Crippen LogP contribution >= 0.6 is 0 Å². The van der Waals surface area contributed by atoms with Gasteiger partial charge in [-0.25, -0.2) is 0 Å². The number of nitrogens with one attached hydrogen (secondary N) is 1. The van der Waals surface area contributed by atoms with Gasteiger partial charge in [0.1, 0.15) is 0 Å². The Hall–Kier alpha value is -2.43. The molecule has 0 fully saturated rings. The fraction of sp³-hybridized carbons (Fsp3) is 0.286. The van der Waals surface area contributed by atoms with E-state index in [0.29, 0.717) is 0 Å². The number of aryl methyl sites for hydroxylation is 1. The van der Waals surface area contributed by atoms with E-state index in [9.17, 15) is 5.11 Å². The summed E-state index contributed by atoms with van der Waals surface area (Å²) in [5.41, 5.74) is 6.88. The lowest BCUT2D eigenvalue weighted by Gasteiger charge is -2.10. The maximum Gasteiger partial charge on any atom is 0.0685 e. The summed E-state index contributed by atoms with van der Waals surface area (Å²) in [5, 5.41) is 17.6. The molecule has 0 spiro atoms. The van der Waals surface area contributed by atoms with E-state index in [-0.39, 0.29) is 6.61 Å². The SMILES string of the molecule is Cc1nn(Cc2ccccc2)c(C)c1CNCc1ccccc1CO. The maximum atomic E-state index is 9.43. The van der Waals surface area contributed by atoms with E-state index < -0.39 is 0 Å². The quantitative estimate of drug-likeness (QED) is 0.696. The van der Waals surface area contributed by atoms with Gasteiger partial charge in [-0.3, -0.25) is 4.68 Å². The van der Waals surface area contributed by atoms with Crippen LogP contribution in [-0.2, 0) is 26.2 Å². The Morgan fingerprint density at radius 3 is 2.32 bits per heavy atom. The molecule has 3 aromatic rings. The van der Waals surface area contributed by atoms with Crippen molar-refractivity contribution < 1.29 is 5.11 Å². The van der Waals surface area contributed by atoms with Gasteiger partial charge in [0.2, 0.25) is 0 Å². The van der Waals surface area contributed by atoms with E-state index in [1.165, 1.54) is 16.8 Å². The van der Waals surface area contributed by atoms with E-state index in [1.54, 1.807) is 0 Å². The summed E-state index contributed by atoms with van der Waals surface area (Å²) in [7, 11) is 0. The highest BCUT2D eigenvalue weighted by molar-refractivity contribution is 5.28. The largest absolute Gasteiger partial charge is 0.392 e. The number of rotatable bonds is 7. The molecule has 0 atom stereocenters. The smallest absolute Gasteiger partial charge is 0.0685 e. The Bertz CT molecular complexity index is 824. The molecule has 0 bridgehead atoms. The minimum absolute atomic E-state index is 0.0743. The molecule has 4 nitrogen and oxygen atoms in total. The van der Waals surface area contributed by atoms with Gasteiger partial charge in [-0.15, -0.1) is 0 Å². The molecule has 2 aromatic carbocycles. The third kappa shape index (κ3) is 4.16. The van der Waals surface area contributed by atoms with E-state index in [2.05, 4.69) is 54.2 Å². The van der Waals surface area contributed by atoms with Gasteiger partial charge in [0.25, 0.3) is 0 Å². The molecule has 25 heavy (non-hydrogen) atoms. The molecule has 0 aliphatic heterocycles. The van der Waals surface area contributed by atoms with Gasteiger partial charge in [-0.1, -0.05) is 54.6 Å². The van der Waals surface area contributed by atoms with Crippen molar-refractivity contribution in [2.24, 2.45) is 0 Å². The molecule has 0 aliphatic carbocycles. The van der Waals surface area contributed by atoms with Crippen molar-refractivity contribution in [2.45, 2.75) is 40.1 Å². The van der Waals surface area contributed by atoms with Gasteiger partial charge in [0.15, 0.2) is 0 Å². The zero-order valence-corrected chi connectivity index (χ0v) is 14.9. The summed E-state index contributed by atoms with van der Waals surface area (Å²) in [6, 6.07) is 18.4. The van der Waals surface area contributed by atoms with Crippen LogP contribution in [0.15, 0.2) is 54.6 Å². The number of aliphatic hydroxyl groups is 1. The van der Waals surface area contributed by atoms with Crippen LogP contribution in [0.3, 0.4) is 0 Å². The second-order valence-corrected chi connectivity index (χ2v) is 6.32. The zero-order chi connectivity index (χ0) is 17.6. The molecule has 0 amide bonds. The van der Waals surface area contributed by atoms with E-state index in [0.717, 1.165) is 36.5 Å². The first kappa shape index (κ1) is 17.4. The molecule has 2 N–H and O–H groups in total. The molecule has 130 valence electrons. The van der Waals surface area contributed by atoms with Crippen molar-refractivity contribution in [1.82, 2.24) is 15.1 Å². The van der Waals surface area contributed by atoms with Crippen LogP contribution in [0.5, 0.6) is 0 Å². The fourth-order valence-corrected chi connectivity index (χ4v) is 3.11. The standard InChI is InChI=1S/C21H25N3O/c1-16-21(13-22-12-19-10-6-7-11-20(19)15-25)17(2)24(23-16)14-18-8-4-3-5-9-18/h3-11,22,25H,12-15H2,1-2H3. The number of aromatic nitrogens is 2. The Morgan fingerprint density at radius 2 is 1.60 bits per heavy atom. The van der Waals surface area contributed by atoms with Crippen LogP contribution in [0.4, 0.5) is 0 Å². The summed E-state index contributed by atoms with van der Waals surface area (Å²) in [5.74, 6) is 0. The molecule has 0 saturated heterocycles. The minimum atomic E-state index is 0.0743. The first-order chi connectivity index (χ1) is 12.2. The maximum absolute atomic E-state index is 9.43. The van der Waals surface area contributed by atoms with Crippen LogP contribution in [0.2, 0.25) is 0 Å². The summed E-state index contributed by atoms with van der Waals surface area (Å²) < 4.78 is 2.07. The first-order valence-corrected chi connectivity index (χ1v) is 8.64. The molecule has 0 radical (unpaired) electrons. The van der Waals surface area contributed by atoms with Crippen molar-refractivity contribution in [3.63, 3.8) is 0 Å². The van der Waals surface area contributed by atoms with E-state index >= 15 is 0 Å². The molecule has 1 aromatic heterocycles. The Balaban J connectivity index is 1.67. The van der Waals surface area contributed by atoms with Crippen LogP contribution in [0.1, 0.15) is 33.6 Å². The topological polar surface area (TPSA) is 50.1 Å². The van der Waals surface area contributed by atoms with Gasteiger partial charge >= 0.3 is 0 Å². The number of nitrogens with zero attached hydrogens (tertiary/aromatic N) is 2. The normalized spacial score (nSPS) is 11.0. The van der Waals surface area contributed by atoms with Gasteiger partial charge in [-0.2, -0.15) is 5.10 Å². The summed E-state index contributed by atoms with van der Waals surface area (Å²) in [6.07, 6.45) is 0. The third-order valence-electron chi connectivity index (χ3n) is 4.61. The average molecular weight is 335 g/mol. The number of benzene rings is 2. The van der Waals surface area contributed by atoms with Crippen LogP contribution < -0.4 is 5.32 Å². The van der Waals surface area contributed by atoms with Crippen molar-refractivity contribution >= 4 is 0 Å². The third-order valence-corrected chi connectivity index (χ3v) is 4.61. The molecule has 3 rings (SSSR count). The van der Waals surface area contributed by atoms with Crippen molar-refractivity contribution in [3.8, 4) is 0 Å². The highest BCUT2D eigenvalue weighted by Gasteiger charge is 2.11. The minimum Gasteiger partial charge on any atom is -0.392 e. The average Bonchev–Trinajstić information content (AvgIpc) is 2.90. The van der Waals surface area contributed by atoms with Crippen LogP contribution in [-0.4, -0.2) is 14.9 Å². The van der Waals surface area contributed by atoms with Crippen LogP contribution in [0, 0.1) is 13.8 Å². The lowest BCUT2D eigenvalue weighted by Crippen LogP contribution is -2.15. The van der Waals surface area contributed by atoms with Gasteiger partial charge < -0.3 is 10.4 Å². The number of hydrogen-bond donors (Lipinski definition) is 2. The monoisotopic (exact) mass is 335 g/mol. The first-order valence-electron chi connectivity index (χ1n) is 8.64. The fourth-order valence-electron chi connectivity index (χ4n) is 3.11. The van der Waals surface area contributed by atoms with Crippen molar-refractivity contribution in [2.75, 3.05) is 0 Å². The summed E-state index contributed by atoms with van der Waals surface area (Å²) in [6.45, 7) is 6.56. The highest BCUT2D eigenvalue weighted by Crippen LogP contribution is 2.15. The zero-order valence-electron chi connectivity index (χ0n) is 14.9. The Labute approximate surface area is 149 Å². The number of hydrogen-bond acceptors (Lipinski definition) is 3. The Kier molecular flexibility index (Phi) is 5.64. The summed E-state index contributed by atoms with van der Waals surface area (Å²) >= 11 is 0.